The van der Waals surface area contributed by atoms with E-state index in [9.17, 15) is 0 Å². The Kier molecular flexibility index (Phi) is 6.80. The molecule has 0 saturated carbocycles. The maximum absolute atomic E-state index is 5.85. The lowest BCUT2D eigenvalue weighted by molar-refractivity contribution is 0.415. The third-order valence-corrected chi connectivity index (χ3v) is 3.53. The van der Waals surface area contributed by atoms with Gasteiger partial charge in [-0.2, -0.15) is 0 Å². The van der Waals surface area contributed by atoms with Crippen molar-refractivity contribution in [3.8, 4) is 5.75 Å². The van der Waals surface area contributed by atoms with Crippen molar-refractivity contribution in [1.29, 1.82) is 0 Å². The highest BCUT2D eigenvalue weighted by molar-refractivity contribution is 14.0. The predicted molar refractivity (Wildman–Crippen MR) is 96.4 cm³/mol. The van der Waals surface area contributed by atoms with Crippen LogP contribution in [-0.2, 0) is 6.54 Å². The van der Waals surface area contributed by atoms with Gasteiger partial charge in [0.05, 0.1) is 13.7 Å². The van der Waals surface area contributed by atoms with Crippen LogP contribution in [0.4, 0.5) is 5.69 Å². The van der Waals surface area contributed by atoms with Crippen molar-refractivity contribution >= 4 is 47.0 Å². The number of methoxy groups -OCH3 is 1. The molecule has 108 valence electrons. The lowest BCUT2D eigenvalue weighted by Gasteiger charge is -2.07. The fraction of sp³-hybridized carbons (Fsp3) is 0.214. The molecule has 1 aromatic carbocycles. The average Bonchev–Trinajstić information content (AvgIpc) is 2.82. The maximum atomic E-state index is 5.85. The lowest BCUT2D eigenvalue weighted by Crippen LogP contribution is -2.22. The quantitative estimate of drug-likeness (QED) is 0.466. The standard InChI is InChI=1S/C14H17N3OS.HI/c1-10-6-7-13(19-10)9-16-14(15)17-11-4-3-5-12(8-11)18-2;/h3-8H,9H2,1-2H3,(H3,15,16,17);1H. The summed E-state index contributed by atoms with van der Waals surface area (Å²) in [6.45, 7) is 2.68. The first-order chi connectivity index (χ1) is 9.17. The molecule has 2 rings (SSSR count). The number of hydrogen-bond donors (Lipinski definition) is 2. The highest BCUT2D eigenvalue weighted by Crippen LogP contribution is 2.17. The van der Waals surface area contributed by atoms with Gasteiger partial charge in [-0.15, -0.1) is 35.3 Å². The molecule has 0 atom stereocenters. The van der Waals surface area contributed by atoms with Crippen molar-refractivity contribution in [3.63, 3.8) is 0 Å². The van der Waals surface area contributed by atoms with Crippen molar-refractivity contribution in [3.05, 3.63) is 46.2 Å². The molecule has 4 nitrogen and oxygen atoms in total. The monoisotopic (exact) mass is 403 g/mol. The molecule has 0 bridgehead atoms. The van der Waals surface area contributed by atoms with E-state index in [1.54, 1.807) is 18.4 Å². The van der Waals surface area contributed by atoms with Crippen LogP contribution in [0.25, 0.3) is 0 Å². The molecule has 0 aliphatic rings. The zero-order chi connectivity index (χ0) is 13.7. The van der Waals surface area contributed by atoms with E-state index in [1.807, 2.05) is 24.3 Å². The number of aryl methyl sites for hydroxylation is 1. The summed E-state index contributed by atoms with van der Waals surface area (Å²) in [4.78, 5) is 6.80. The van der Waals surface area contributed by atoms with Gasteiger partial charge in [-0.3, -0.25) is 0 Å². The Morgan fingerprint density at radius 2 is 2.15 bits per heavy atom. The van der Waals surface area contributed by atoms with Crippen molar-refractivity contribution in [2.24, 2.45) is 10.7 Å². The van der Waals surface area contributed by atoms with Gasteiger partial charge in [0.1, 0.15) is 5.75 Å². The zero-order valence-electron chi connectivity index (χ0n) is 11.4. The number of anilines is 1. The van der Waals surface area contributed by atoms with Crippen LogP contribution in [0.3, 0.4) is 0 Å². The molecule has 0 aliphatic heterocycles. The number of guanidine groups is 1. The van der Waals surface area contributed by atoms with Gasteiger partial charge >= 0.3 is 0 Å². The SMILES string of the molecule is COc1cccc(NC(N)=NCc2ccc(C)s2)c1.I. The van der Waals surface area contributed by atoms with Crippen LogP contribution in [-0.4, -0.2) is 13.1 Å². The Labute approximate surface area is 140 Å². The minimum absolute atomic E-state index is 0. The molecule has 20 heavy (non-hydrogen) atoms. The van der Waals surface area contributed by atoms with E-state index in [1.165, 1.54) is 9.75 Å². The van der Waals surface area contributed by atoms with E-state index in [0.717, 1.165) is 11.4 Å². The number of nitrogens with one attached hydrogen (secondary N) is 1. The fourth-order valence-corrected chi connectivity index (χ4v) is 2.44. The Morgan fingerprint density at radius 3 is 2.80 bits per heavy atom. The summed E-state index contributed by atoms with van der Waals surface area (Å²) in [6.07, 6.45) is 0. The molecule has 0 amide bonds. The molecular formula is C14H18IN3OS. The average molecular weight is 403 g/mol. The maximum Gasteiger partial charge on any atom is 0.193 e. The number of nitrogens with zero attached hydrogens (tertiary/aromatic N) is 1. The number of aliphatic imine (C=N–C) groups is 1. The Hall–Kier alpha value is -1.28. The van der Waals surface area contributed by atoms with Gasteiger partial charge in [-0.25, -0.2) is 4.99 Å². The lowest BCUT2D eigenvalue weighted by atomic mass is 10.3. The summed E-state index contributed by atoms with van der Waals surface area (Å²) in [5.74, 6) is 1.19. The molecule has 0 unspecified atom stereocenters. The molecule has 0 spiro atoms. The molecule has 3 N–H and O–H groups in total. The van der Waals surface area contributed by atoms with E-state index in [-0.39, 0.29) is 24.0 Å². The normalized spacial score (nSPS) is 10.8. The number of nitrogens with two attached hydrogens (primary N) is 1. The third-order valence-electron chi connectivity index (χ3n) is 2.54. The summed E-state index contributed by atoms with van der Waals surface area (Å²) < 4.78 is 5.15. The predicted octanol–water partition coefficient (Wildman–Crippen LogP) is 3.61. The summed E-state index contributed by atoms with van der Waals surface area (Å²) in [6, 6.07) is 11.7. The minimum Gasteiger partial charge on any atom is -0.497 e. The number of benzene rings is 1. The minimum atomic E-state index is 0. The summed E-state index contributed by atoms with van der Waals surface area (Å²) in [7, 11) is 1.63. The van der Waals surface area contributed by atoms with Crippen molar-refractivity contribution in [2.75, 3.05) is 12.4 Å². The molecule has 0 fully saturated rings. The summed E-state index contributed by atoms with van der Waals surface area (Å²) in [5, 5.41) is 3.05. The van der Waals surface area contributed by atoms with E-state index in [4.69, 9.17) is 10.5 Å². The van der Waals surface area contributed by atoms with Gasteiger partial charge in [-0.05, 0) is 31.2 Å². The van der Waals surface area contributed by atoms with E-state index >= 15 is 0 Å². The van der Waals surface area contributed by atoms with Crippen molar-refractivity contribution < 1.29 is 4.74 Å². The van der Waals surface area contributed by atoms with Crippen LogP contribution < -0.4 is 15.8 Å². The molecule has 6 heteroatoms. The van der Waals surface area contributed by atoms with Gasteiger partial charge in [0.25, 0.3) is 0 Å². The number of hydrogen-bond acceptors (Lipinski definition) is 3. The summed E-state index contributed by atoms with van der Waals surface area (Å²) in [5.41, 5.74) is 6.72. The highest BCUT2D eigenvalue weighted by atomic mass is 127. The number of thiophene rings is 1. The van der Waals surface area contributed by atoms with Gasteiger partial charge < -0.3 is 15.8 Å². The van der Waals surface area contributed by atoms with Crippen LogP contribution in [0.5, 0.6) is 5.75 Å². The van der Waals surface area contributed by atoms with Crippen LogP contribution in [0.1, 0.15) is 9.75 Å². The smallest absolute Gasteiger partial charge is 0.193 e. The molecule has 2 aromatic rings. The van der Waals surface area contributed by atoms with Gasteiger partial charge in [0.2, 0.25) is 0 Å². The topological polar surface area (TPSA) is 59.6 Å². The van der Waals surface area contributed by atoms with Gasteiger partial charge in [0, 0.05) is 21.5 Å². The third kappa shape index (κ3) is 5.01. The second-order valence-corrected chi connectivity index (χ2v) is 5.44. The highest BCUT2D eigenvalue weighted by Gasteiger charge is 1.99. The van der Waals surface area contributed by atoms with Crippen LogP contribution in [0.15, 0.2) is 41.4 Å². The molecule has 0 radical (unpaired) electrons. The number of ether oxygens (including phenoxy) is 1. The molecular weight excluding hydrogens is 385 g/mol. The largest absolute Gasteiger partial charge is 0.497 e. The molecule has 1 aromatic heterocycles. The zero-order valence-corrected chi connectivity index (χ0v) is 14.6. The first kappa shape index (κ1) is 16.8. The van der Waals surface area contributed by atoms with Crippen LogP contribution in [0, 0.1) is 6.92 Å². The summed E-state index contributed by atoms with van der Waals surface area (Å²) >= 11 is 1.73. The first-order valence-corrected chi connectivity index (χ1v) is 6.75. The molecule has 0 aliphatic carbocycles. The van der Waals surface area contributed by atoms with Crippen LogP contribution in [0.2, 0.25) is 0 Å². The Bertz CT molecular complexity index is 583. The fourth-order valence-electron chi connectivity index (χ4n) is 1.62. The number of rotatable bonds is 4. The van der Waals surface area contributed by atoms with E-state index in [0.29, 0.717) is 12.5 Å². The molecule has 0 saturated heterocycles. The van der Waals surface area contributed by atoms with E-state index in [2.05, 4.69) is 29.4 Å². The molecule has 1 heterocycles. The van der Waals surface area contributed by atoms with Gasteiger partial charge in [0.15, 0.2) is 5.96 Å². The van der Waals surface area contributed by atoms with Crippen LogP contribution >= 0.6 is 35.3 Å². The van der Waals surface area contributed by atoms with Gasteiger partial charge in [-0.1, -0.05) is 6.07 Å². The second-order valence-electron chi connectivity index (χ2n) is 4.07. The van der Waals surface area contributed by atoms with E-state index < -0.39 is 0 Å². The number of halogens is 1. The first-order valence-electron chi connectivity index (χ1n) is 5.93. The second kappa shape index (κ2) is 8.11. The Balaban J connectivity index is 0.00000200. The van der Waals surface area contributed by atoms with Crippen molar-refractivity contribution in [2.45, 2.75) is 13.5 Å². The van der Waals surface area contributed by atoms with Crippen molar-refractivity contribution in [1.82, 2.24) is 0 Å². The Morgan fingerprint density at radius 1 is 1.35 bits per heavy atom.